The summed E-state index contributed by atoms with van der Waals surface area (Å²) in [4.78, 5) is 11.1. The Balaban J connectivity index is 0.00000144. The van der Waals surface area contributed by atoms with Crippen LogP contribution in [-0.4, -0.2) is 32.2 Å². The maximum Gasteiger partial charge on any atom is 1.00 e. The zero-order valence-corrected chi connectivity index (χ0v) is 13.4. The van der Waals surface area contributed by atoms with Gasteiger partial charge in [0, 0.05) is 0 Å². The molecule has 1 unspecified atom stereocenters. The van der Waals surface area contributed by atoms with Crippen LogP contribution in [0.3, 0.4) is 0 Å². The Hall–Kier alpha value is 1.51. The summed E-state index contributed by atoms with van der Waals surface area (Å²) in [7, 11) is 0. The topological polar surface area (TPSA) is 40.1 Å². The number of carboxylic acid groups (broad SMARTS) is 1. The van der Waals surface area contributed by atoms with Crippen molar-refractivity contribution in [1.82, 2.24) is 0 Å². The van der Waals surface area contributed by atoms with Crippen LogP contribution >= 0.6 is 0 Å². The molecule has 0 N–H and O–H groups in total. The van der Waals surface area contributed by atoms with Crippen LogP contribution in [0.15, 0.2) is 0 Å². The van der Waals surface area contributed by atoms with Crippen LogP contribution < -0.4 is 34.7 Å². The van der Waals surface area contributed by atoms with E-state index in [2.05, 4.69) is 0 Å². The molecule has 0 aromatic heterocycles. The summed E-state index contributed by atoms with van der Waals surface area (Å²) >= 11 is 1.89. The van der Waals surface area contributed by atoms with Crippen molar-refractivity contribution >= 4 is 32.2 Å². The Labute approximate surface area is 113 Å². The summed E-state index contributed by atoms with van der Waals surface area (Å²) < 4.78 is 0. The monoisotopic (exact) mass is 324 g/mol. The molecule has 2 nitrogen and oxygen atoms in total. The number of carbonyl (C=O) groups is 1. The smallest absolute Gasteiger partial charge is 1.00 e. The van der Waals surface area contributed by atoms with Gasteiger partial charge < -0.3 is 0 Å². The number of hydrogen-bond acceptors (Lipinski definition) is 2. The quantitative estimate of drug-likeness (QED) is 0.406. The van der Waals surface area contributed by atoms with Gasteiger partial charge in [0.1, 0.15) is 0 Å². The summed E-state index contributed by atoms with van der Waals surface area (Å²) in [5.74, 6) is -0.892. The molecule has 5 heteroatoms. The van der Waals surface area contributed by atoms with Crippen molar-refractivity contribution in [3.63, 3.8) is 0 Å². The molecular formula is C8H13NaO2Se2. The molecule has 0 aromatic carbocycles. The first-order valence-electron chi connectivity index (χ1n) is 4.27. The number of hydrogen-bond donors (Lipinski definition) is 0. The molecule has 0 amide bonds. The summed E-state index contributed by atoms with van der Waals surface area (Å²) in [5, 5.41) is 11.6. The van der Waals surface area contributed by atoms with Gasteiger partial charge in [0.2, 0.25) is 0 Å². The van der Waals surface area contributed by atoms with Crippen LogP contribution in [0.2, 0.25) is 10.1 Å². The minimum Gasteiger partial charge on any atom is 1.00 e. The van der Waals surface area contributed by atoms with Gasteiger partial charge in [0.15, 0.2) is 0 Å². The molecule has 1 heterocycles. The van der Waals surface area contributed by atoms with E-state index in [1.165, 1.54) is 18.2 Å². The molecule has 13 heavy (non-hydrogen) atoms. The van der Waals surface area contributed by atoms with Crippen LogP contribution in [0.4, 0.5) is 0 Å². The van der Waals surface area contributed by atoms with E-state index in [1.807, 2.05) is 0 Å². The van der Waals surface area contributed by atoms with Gasteiger partial charge in [-0.3, -0.25) is 0 Å². The Morgan fingerprint density at radius 1 is 1.46 bits per heavy atom. The molecule has 1 aliphatic rings. The summed E-state index contributed by atoms with van der Waals surface area (Å²) in [6.07, 6.45) is 4.86. The molecule has 0 aromatic rings. The van der Waals surface area contributed by atoms with E-state index in [-0.39, 0.29) is 36.0 Å². The van der Waals surface area contributed by atoms with Gasteiger partial charge in [-0.1, -0.05) is 0 Å². The molecule has 0 spiro atoms. The molecule has 1 rings (SSSR count). The van der Waals surface area contributed by atoms with Crippen LogP contribution in [0.5, 0.6) is 0 Å². The van der Waals surface area contributed by atoms with Crippen LogP contribution in [0.25, 0.3) is 0 Å². The minimum absolute atomic E-state index is 0. The summed E-state index contributed by atoms with van der Waals surface area (Å²) in [6, 6.07) is 0. The van der Waals surface area contributed by atoms with E-state index in [1.54, 1.807) is 0 Å². The Morgan fingerprint density at radius 2 is 2.23 bits per heavy atom. The average molecular weight is 322 g/mol. The number of carbonyl (C=O) groups excluding carboxylic acids is 1. The Morgan fingerprint density at radius 3 is 2.77 bits per heavy atom. The van der Waals surface area contributed by atoms with Crippen LogP contribution in [0, 0.1) is 0 Å². The predicted molar refractivity (Wildman–Crippen MR) is 48.2 cm³/mol. The Kier molecular flexibility index (Phi) is 9.81. The maximum absolute atomic E-state index is 10.1. The molecule has 1 saturated heterocycles. The average Bonchev–Trinajstić information content (AvgIpc) is 2.49. The van der Waals surface area contributed by atoms with E-state index in [0.29, 0.717) is 0 Å². The van der Waals surface area contributed by atoms with Crippen LogP contribution in [-0.2, 0) is 4.79 Å². The van der Waals surface area contributed by atoms with Gasteiger partial charge in [0.05, 0.1) is 0 Å². The third-order valence-corrected chi connectivity index (χ3v) is 10.8. The largest absolute Gasteiger partial charge is 1.00 e. The van der Waals surface area contributed by atoms with Crippen LogP contribution in [0.1, 0.15) is 32.1 Å². The first-order valence-corrected chi connectivity index (χ1v) is 10.8. The van der Waals surface area contributed by atoms with Crippen molar-refractivity contribution in [3.8, 4) is 0 Å². The molecule has 0 aliphatic carbocycles. The first-order chi connectivity index (χ1) is 5.79. The van der Waals surface area contributed by atoms with Gasteiger partial charge in [-0.05, 0) is 0 Å². The number of rotatable bonds is 5. The predicted octanol–water partition coefficient (Wildman–Crippen LogP) is -2.77. The van der Waals surface area contributed by atoms with Gasteiger partial charge in [-0.15, -0.1) is 0 Å². The maximum atomic E-state index is 10.1. The van der Waals surface area contributed by atoms with Crippen molar-refractivity contribution in [3.05, 3.63) is 0 Å². The van der Waals surface area contributed by atoms with Crippen molar-refractivity contribution in [2.45, 2.75) is 42.2 Å². The van der Waals surface area contributed by atoms with Crippen molar-refractivity contribution < 1.29 is 39.5 Å². The SMILES string of the molecule is O=C([O-])CCCCC1CC[Se][Se]1.[Na+]. The molecule has 0 bridgehead atoms. The molecule has 70 valence electrons. The molecule has 1 fully saturated rings. The van der Waals surface area contributed by atoms with Gasteiger partial charge in [-0.25, -0.2) is 0 Å². The molecule has 0 saturated carbocycles. The molecule has 0 radical (unpaired) electrons. The molecular weight excluding hydrogens is 309 g/mol. The second kappa shape index (κ2) is 8.79. The third-order valence-electron chi connectivity index (χ3n) is 1.88. The van der Waals surface area contributed by atoms with E-state index >= 15 is 0 Å². The van der Waals surface area contributed by atoms with E-state index < -0.39 is 5.97 Å². The van der Waals surface area contributed by atoms with E-state index in [0.717, 1.165) is 43.9 Å². The van der Waals surface area contributed by atoms with Gasteiger partial charge in [0.25, 0.3) is 0 Å². The summed E-state index contributed by atoms with van der Waals surface area (Å²) in [6.45, 7) is 0. The normalized spacial score (nSPS) is 21.1. The molecule has 1 atom stereocenters. The van der Waals surface area contributed by atoms with Crippen molar-refractivity contribution in [2.24, 2.45) is 0 Å². The van der Waals surface area contributed by atoms with E-state index in [9.17, 15) is 9.90 Å². The fraction of sp³-hybridized carbons (Fsp3) is 0.875. The molecule has 1 aliphatic heterocycles. The Bertz CT molecular complexity index is 149. The fourth-order valence-corrected chi connectivity index (χ4v) is 10.7. The van der Waals surface area contributed by atoms with Crippen molar-refractivity contribution in [1.29, 1.82) is 0 Å². The van der Waals surface area contributed by atoms with E-state index in [4.69, 9.17) is 0 Å². The number of carboxylic acids is 1. The van der Waals surface area contributed by atoms with Gasteiger partial charge >= 0.3 is 114 Å². The number of aliphatic carboxylic acids is 1. The number of unbranched alkanes of at least 4 members (excludes halogenated alkanes) is 1. The fourth-order valence-electron chi connectivity index (χ4n) is 1.21. The second-order valence-electron chi connectivity index (χ2n) is 2.95. The second-order valence-corrected chi connectivity index (χ2v) is 10.8. The van der Waals surface area contributed by atoms with Crippen molar-refractivity contribution in [2.75, 3.05) is 0 Å². The minimum atomic E-state index is -0.892. The third kappa shape index (κ3) is 7.44. The zero-order chi connectivity index (χ0) is 8.81. The first kappa shape index (κ1) is 14.5. The summed E-state index contributed by atoms with van der Waals surface area (Å²) in [5.41, 5.74) is 0. The zero-order valence-electron chi connectivity index (χ0n) is 7.95. The van der Waals surface area contributed by atoms with Gasteiger partial charge in [-0.2, -0.15) is 0 Å². The standard InChI is InChI=1S/C8H14O2Se2.Na/c9-8(10)4-2-1-3-7-5-6-11-12-7;/h7H,1-6H2,(H,9,10);/q;+1/p-1.